The van der Waals surface area contributed by atoms with Crippen LogP contribution in [0, 0.1) is 0 Å². The third-order valence-electron chi connectivity index (χ3n) is 3.47. The summed E-state index contributed by atoms with van der Waals surface area (Å²) >= 11 is 1.09. The topological polar surface area (TPSA) is 86.7 Å². The number of aromatic carboxylic acids is 1. The van der Waals surface area contributed by atoms with Gasteiger partial charge in [0.1, 0.15) is 6.04 Å². The molecular formula is C13H12N2O4S. The fourth-order valence-corrected chi connectivity index (χ4v) is 3.22. The van der Waals surface area contributed by atoms with Gasteiger partial charge in [0.2, 0.25) is 5.91 Å². The quantitative estimate of drug-likeness (QED) is 0.852. The van der Waals surface area contributed by atoms with Gasteiger partial charge in [-0.15, -0.1) is 0 Å². The van der Waals surface area contributed by atoms with E-state index in [0.717, 1.165) is 17.3 Å². The molecule has 0 bridgehead atoms. The minimum absolute atomic E-state index is 0.160. The molecule has 1 fully saturated rings. The van der Waals surface area contributed by atoms with Crippen LogP contribution in [0.4, 0.5) is 10.5 Å². The second kappa shape index (κ2) is 4.82. The van der Waals surface area contributed by atoms with Gasteiger partial charge in [-0.1, -0.05) is 17.8 Å². The first-order chi connectivity index (χ1) is 9.56. The van der Waals surface area contributed by atoms with Crippen molar-refractivity contribution in [1.29, 1.82) is 0 Å². The summed E-state index contributed by atoms with van der Waals surface area (Å²) < 4.78 is 0. The van der Waals surface area contributed by atoms with Crippen LogP contribution in [0.1, 0.15) is 15.9 Å². The number of carboxylic acids is 1. The molecule has 6 nitrogen and oxygen atoms in total. The van der Waals surface area contributed by atoms with Crippen molar-refractivity contribution in [3.05, 3.63) is 29.3 Å². The number of hydrogen-bond acceptors (Lipinski definition) is 4. The van der Waals surface area contributed by atoms with Crippen LogP contribution in [-0.2, 0) is 11.2 Å². The van der Waals surface area contributed by atoms with E-state index in [1.54, 1.807) is 17.0 Å². The molecule has 2 aliphatic rings. The molecule has 1 aromatic carbocycles. The number of hydrogen-bond donors (Lipinski definition) is 2. The first-order valence-electron chi connectivity index (χ1n) is 6.17. The molecule has 0 spiro atoms. The van der Waals surface area contributed by atoms with Crippen molar-refractivity contribution < 1.29 is 19.5 Å². The van der Waals surface area contributed by atoms with Crippen LogP contribution >= 0.6 is 11.8 Å². The zero-order valence-electron chi connectivity index (χ0n) is 10.5. The molecule has 7 heteroatoms. The SMILES string of the molecule is O=C1NC(C(=O)N2CCc3ccc(C(=O)O)cc32)CS1. The lowest BCUT2D eigenvalue weighted by molar-refractivity contribution is -0.119. The van der Waals surface area contributed by atoms with E-state index >= 15 is 0 Å². The van der Waals surface area contributed by atoms with Gasteiger partial charge in [0.15, 0.2) is 0 Å². The molecule has 0 aliphatic carbocycles. The normalized spacial score (nSPS) is 20.7. The molecule has 2 aliphatic heterocycles. The summed E-state index contributed by atoms with van der Waals surface area (Å²) in [5, 5.41) is 11.4. The molecule has 1 unspecified atom stereocenters. The van der Waals surface area contributed by atoms with Crippen molar-refractivity contribution in [3.63, 3.8) is 0 Å². The van der Waals surface area contributed by atoms with Gasteiger partial charge in [0.05, 0.1) is 5.56 Å². The summed E-state index contributed by atoms with van der Waals surface area (Å²) in [4.78, 5) is 36.1. The van der Waals surface area contributed by atoms with Crippen molar-refractivity contribution in [2.24, 2.45) is 0 Å². The van der Waals surface area contributed by atoms with Gasteiger partial charge in [-0.05, 0) is 24.1 Å². The maximum atomic E-state index is 12.4. The molecule has 2 N–H and O–H groups in total. The molecule has 1 aromatic rings. The molecule has 1 atom stereocenters. The first-order valence-corrected chi connectivity index (χ1v) is 7.16. The van der Waals surface area contributed by atoms with Gasteiger partial charge in [0, 0.05) is 18.0 Å². The number of amides is 2. The van der Waals surface area contributed by atoms with E-state index < -0.39 is 12.0 Å². The highest BCUT2D eigenvalue weighted by Gasteiger charge is 2.35. The van der Waals surface area contributed by atoms with E-state index in [0.29, 0.717) is 24.4 Å². The molecular weight excluding hydrogens is 280 g/mol. The molecule has 0 radical (unpaired) electrons. The summed E-state index contributed by atoms with van der Waals surface area (Å²) in [5.41, 5.74) is 1.76. The van der Waals surface area contributed by atoms with E-state index in [2.05, 4.69) is 5.32 Å². The zero-order valence-corrected chi connectivity index (χ0v) is 11.3. The Balaban J connectivity index is 1.88. The Morgan fingerprint density at radius 2 is 2.20 bits per heavy atom. The van der Waals surface area contributed by atoms with Crippen molar-refractivity contribution in [1.82, 2.24) is 5.32 Å². The Bertz CT molecular complexity index is 616. The number of benzene rings is 1. The summed E-state index contributed by atoms with van der Waals surface area (Å²) in [6.07, 6.45) is 0.703. The molecule has 3 rings (SSSR count). The van der Waals surface area contributed by atoms with Crippen molar-refractivity contribution >= 4 is 34.6 Å². The smallest absolute Gasteiger partial charge is 0.335 e. The van der Waals surface area contributed by atoms with Gasteiger partial charge < -0.3 is 15.3 Å². The van der Waals surface area contributed by atoms with E-state index in [-0.39, 0.29) is 16.7 Å². The van der Waals surface area contributed by atoms with Crippen molar-refractivity contribution in [2.75, 3.05) is 17.2 Å². The minimum Gasteiger partial charge on any atom is -0.478 e. The highest BCUT2D eigenvalue weighted by Crippen LogP contribution is 2.30. The van der Waals surface area contributed by atoms with Crippen LogP contribution in [0.2, 0.25) is 0 Å². The molecule has 0 aromatic heterocycles. The van der Waals surface area contributed by atoms with E-state index in [9.17, 15) is 14.4 Å². The highest BCUT2D eigenvalue weighted by molar-refractivity contribution is 8.14. The standard InChI is InChI=1S/C13H12N2O4S/c16-11(9-6-20-13(19)14-9)15-4-3-7-1-2-8(12(17)18)5-10(7)15/h1-2,5,9H,3-4,6H2,(H,14,19)(H,17,18). The number of fused-ring (bicyclic) bond motifs is 1. The van der Waals surface area contributed by atoms with Crippen molar-refractivity contribution in [3.8, 4) is 0 Å². The lowest BCUT2D eigenvalue weighted by atomic mass is 10.1. The average Bonchev–Trinajstić information content (AvgIpc) is 3.03. The lowest BCUT2D eigenvalue weighted by Crippen LogP contribution is -2.45. The number of nitrogens with zero attached hydrogens (tertiary/aromatic N) is 1. The molecule has 0 saturated carbocycles. The van der Waals surface area contributed by atoms with Crippen LogP contribution in [0.25, 0.3) is 0 Å². The number of nitrogens with one attached hydrogen (secondary N) is 1. The molecule has 1 saturated heterocycles. The van der Waals surface area contributed by atoms with Crippen LogP contribution < -0.4 is 10.2 Å². The Morgan fingerprint density at radius 1 is 1.40 bits per heavy atom. The monoisotopic (exact) mass is 292 g/mol. The van der Waals surface area contributed by atoms with Crippen LogP contribution in [-0.4, -0.2) is 40.6 Å². The average molecular weight is 292 g/mol. The van der Waals surface area contributed by atoms with E-state index in [1.807, 2.05) is 0 Å². The number of carbonyl (C=O) groups is 3. The van der Waals surface area contributed by atoms with Gasteiger partial charge in [-0.3, -0.25) is 9.59 Å². The summed E-state index contributed by atoms with van der Waals surface area (Å²) in [6.45, 7) is 0.522. The van der Waals surface area contributed by atoms with Gasteiger partial charge in [0.25, 0.3) is 5.24 Å². The predicted octanol–water partition coefficient (Wildman–Crippen LogP) is 1.10. The number of thioether (sulfide) groups is 1. The van der Waals surface area contributed by atoms with Crippen LogP contribution in [0.3, 0.4) is 0 Å². The number of rotatable bonds is 2. The number of carbonyl (C=O) groups excluding carboxylic acids is 2. The summed E-state index contributed by atoms with van der Waals surface area (Å²) in [6, 6.07) is 4.29. The Kier molecular flexibility index (Phi) is 3.13. The number of anilines is 1. The second-order valence-electron chi connectivity index (χ2n) is 4.68. The minimum atomic E-state index is -1.02. The maximum absolute atomic E-state index is 12.4. The molecule has 2 heterocycles. The third kappa shape index (κ3) is 2.14. The molecule has 104 valence electrons. The zero-order chi connectivity index (χ0) is 14.3. The summed E-state index contributed by atoms with van der Waals surface area (Å²) in [7, 11) is 0. The largest absolute Gasteiger partial charge is 0.478 e. The molecule has 2 amide bonds. The lowest BCUT2D eigenvalue weighted by Gasteiger charge is -2.21. The fraction of sp³-hybridized carbons (Fsp3) is 0.308. The van der Waals surface area contributed by atoms with Gasteiger partial charge >= 0.3 is 5.97 Å². The number of carboxylic acid groups (broad SMARTS) is 1. The van der Waals surface area contributed by atoms with Gasteiger partial charge in [-0.25, -0.2) is 4.79 Å². The first kappa shape index (κ1) is 13.0. The highest BCUT2D eigenvalue weighted by atomic mass is 32.2. The van der Waals surface area contributed by atoms with E-state index in [4.69, 9.17) is 5.11 Å². The Morgan fingerprint density at radius 3 is 2.85 bits per heavy atom. The second-order valence-corrected chi connectivity index (χ2v) is 5.68. The van der Waals surface area contributed by atoms with Gasteiger partial charge in [-0.2, -0.15) is 0 Å². The van der Waals surface area contributed by atoms with Crippen molar-refractivity contribution in [2.45, 2.75) is 12.5 Å². The predicted molar refractivity (Wildman–Crippen MR) is 74.2 cm³/mol. The summed E-state index contributed by atoms with van der Waals surface area (Å²) in [5.74, 6) is -0.774. The fourth-order valence-electron chi connectivity index (χ4n) is 2.45. The van der Waals surface area contributed by atoms with Crippen LogP contribution in [0.15, 0.2) is 18.2 Å². The van der Waals surface area contributed by atoms with E-state index in [1.165, 1.54) is 6.07 Å². The third-order valence-corrected chi connectivity index (χ3v) is 4.35. The maximum Gasteiger partial charge on any atom is 0.335 e. The Labute approximate surface area is 119 Å². The Hall–Kier alpha value is -2.02. The van der Waals surface area contributed by atoms with Crippen LogP contribution in [0.5, 0.6) is 0 Å². The molecule has 20 heavy (non-hydrogen) atoms.